The van der Waals surface area contributed by atoms with Crippen molar-refractivity contribution in [1.29, 1.82) is 0 Å². The molecule has 1 amide bonds. The Kier molecular flexibility index (Phi) is 8.37. The van der Waals surface area contributed by atoms with Gasteiger partial charge in [0.15, 0.2) is 16.6 Å². The van der Waals surface area contributed by atoms with E-state index in [2.05, 4.69) is 10.3 Å². The molecule has 8 nitrogen and oxygen atoms in total. The van der Waals surface area contributed by atoms with Crippen molar-refractivity contribution in [3.63, 3.8) is 0 Å². The predicted octanol–water partition coefficient (Wildman–Crippen LogP) is 5.28. The van der Waals surface area contributed by atoms with Crippen molar-refractivity contribution < 1.29 is 28.5 Å². The van der Waals surface area contributed by atoms with Crippen LogP contribution >= 0.6 is 11.3 Å². The molecule has 1 N–H and O–H groups in total. The lowest BCUT2D eigenvalue weighted by atomic mass is 10.1. The van der Waals surface area contributed by atoms with Crippen LogP contribution in [0.15, 0.2) is 35.7 Å². The fourth-order valence-corrected chi connectivity index (χ4v) is 3.86. The Bertz CT molecular complexity index is 1070. The van der Waals surface area contributed by atoms with Crippen LogP contribution in [0.2, 0.25) is 0 Å². The standard InChI is InChI=1S/C24H28N2O6S/c1-6-30-20-11-15(12-21(31-7-2)22(20)32-8-3)23(27)26-24-25-18(14-33-24)17-13-16(28-4)9-10-19(17)29-5/h9-14H,6-8H2,1-5H3,(H,25,26,27). The molecule has 1 heterocycles. The summed E-state index contributed by atoms with van der Waals surface area (Å²) in [5, 5.41) is 5.15. The van der Waals surface area contributed by atoms with Gasteiger partial charge in [-0.2, -0.15) is 0 Å². The normalized spacial score (nSPS) is 10.5. The van der Waals surface area contributed by atoms with Crippen LogP contribution in [0.5, 0.6) is 28.7 Å². The molecule has 0 atom stereocenters. The van der Waals surface area contributed by atoms with Crippen molar-refractivity contribution in [3.8, 4) is 40.0 Å². The van der Waals surface area contributed by atoms with Crippen molar-refractivity contribution in [1.82, 2.24) is 4.98 Å². The number of carbonyl (C=O) groups is 1. The van der Waals surface area contributed by atoms with Gasteiger partial charge >= 0.3 is 0 Å². The van der Waals surface area contributed by atoms with Crippen LogP contribution in [-0.2, 0) is 0 Å². The highest BCUT2D eigenvalue weighted by atomic mass is 32.1. The lowest BCUT2D eigenvalue weighted by molar-refractivity contribution is 0.102. The molecular formula is C24H28N2O6S. The molecule has 9 heteroatoms. The van der Waals surface area contributed by atoms with Crippen molar-refractivity contribution >= 4 is 22.4 Å². The lowest BCUT2D eigenvalue weighted by Gasteiger charge is -2.16. The average molecular weight is 473 g/mol. The van der Waals surface area contributed by atoms with Crippen LogP contribution in [0.1, 0.15) is 31.1 Å². The fourth-order valence-electron chi connectivity index (χ4n) is 3.16. The SMILES string of the molecule is CCOc1cc(C(=O)Nc2nc(-c3cc(OC)ccc3OC)cs2)cc(OCC)c1OCC. The number of carbonyl (C=O) groups excluding carboxylic acids is 1. The molecule has 0 bridgehead atoms. The van der Waals surface area contributed by atoms with Gasteiger partial charge in [-0.05, 0) is 51.1 Å². The van der Waals surface area contributed by atoms with E-state index in [0.29, 0.717) is 65.0 Å². The first-order valence-electron chi connectivity index (χ1n) is 10.6. The van der Waals surface area contributed by atoms with Gasteiger partial charge in [-0.25, -0.2) is 4.98 Å². The van der Waals surface area contributed by atoms with E-state index in [4.69, 9.17) is 23.7 Å². The topological polar surface area (TPSA) is 88.1 Å². The molecule has 33 heavy (non-hydrogen) atoms. The van der Waals surface area contributed by atoms with Crippen LogP contribution < -0.4 is 29.0 Å². The zero-order chi connectivity index (χ0) is 23.8. The van der Waals surface area contributed by atoms with Crippen molar-refractivity contribution in [2.75, 3.05) is 39.4 Å². The van der Waals surface area contributed by atoms with E-state index in [-0.39, 0.29) is 5.91 Å². The molecule has 0 spiro atoms. The van der Waals surface area contributed by atoms with E-state index < -0.39 is 0 Å². The lowest BCUT2D eigenvalue weighted by Crippen LogP contribution is -2.13. The van der Waals surface area contributed by atoms with E-state index in [1.807, 2.05) is 44.4 Å². The molecule has 0 aliphatic heterocycles. The molecule has 0 fully saturated rings. The highest BCUT2D eigenvalue weighted by Gasteiger charge is 2.20. The van der Waals surface area contributed by atoms with Gasteiger partial charge in [-0.1, -0.05) is 0 Å². The molecule has 0 radical (unpaired) electrons. The summed E-state index contributed by atoms with van der Waals surface area (Å²) in [4.78, 5) is 17.6. The molecule has 0 aliphatic carbocycles. The summed E-state index contributed by atoms with van der Waals surface area (Å²) in [6, 6.07) is 8.76. The van der Waals surface area contributed by atoms with Crippen LogP contribution in [-0.4, -0.2) is 44.9 Å². The van der Waals surface area contributed by atoms with Gasteiger partial charge in [-0.15, -0.1) is 11.3 Å². The van der Waals surface area contributed by atoms with E-state index in [0.717, 1.165) is 5.56 Å². The Morgan fingerprint density at radius 1 is 0.909 bits per heavy atom. The smallest absolute Gasteiger partial charge is 0.257 e. The first-order chi connectivity index (χ1) is 16.0. The van der Waals surface area contributed by atoms with Crippen LogP contribution in [0.25, 0.3) is 11.3 Å². The Hall–Kier alpha value is -3.46. The number of ether oxygens (including phenoxy) is 5. The monoisotopic (exact) mass is 472 g/mol. The third-order valence-electron chi connectivity index (χ3n) is 4.58. The number of hydrogen-bond donors (Lipinski definition) is 1. The zero-order valence-corrected chi connectivity index (χ0v) is 20.2. The Morgan fingerprint density at radius 2 is 1.58 bits per heavy atom. The zero-order valence-electron chi connectivity index (χ0n) is 19.4. The molecule has 3 rings (SSSR count). The molecular weight excluding hydrogens is 444 g/mol. The summed E-state index contributed by atoms with van der Waals surface area (Å²) in [6.45, 7) is 6.91. The number of methoxy groups -OCH3 is 2. The maximum atomic E-state index is 13.0. The van der Waals surface area contributed by atoms with Crippen LogP contribution in [0.4, 0.5) is 5.13 Å². The number of anilines is 1. The number of thiazole rings is 1. The number of hydrogen-bond acceptors (Lipinski definition) is 8. The largest absolute Gasteiger partial charge is 0.497 e. The highest BCUT2D eigenvalue weighted by Crippen LogP contribution is 2.40. The molecule has 2 aromatic carbocycles. The molecule has 176 valence electrons. The number of nitrogens with one attached hydrogen (secondary N) is 1. The average Bonchev–Trinajstić information content (AvgIpc) is 3.29. The first-order valence-corrected chi connectivity index (χ1v) is 11.5. The highest BCUT2D eigenvalue weighted by molar-refractivity contribution is 7.14. The van der Waals surface area contributed by atoms with Crippen LogP contribution in [0, 0.1) is 0 Å². The molecule has 0 saturated heterocycles. The number of nitrogens with zero attached hydrogens (tertiary/aromatic N) is 1. The van der Waals surface area contributed by atoms with Gasteiger partial charge < -0.3 is 23.7 Å². The minimum absolute atomic E-state index is 0.335. The summed E-state index contributed by atoms with van der Waals surface area (Å²) in [6.07, 6.45) is 0. The molecule has 0 saturated carbocycles. The number of rotatable bonds is 11. The molecule has 3 aromatic rings. The second-order valence-electron chi connectivity index (χ2n) is 6.66. The van der Waals surface area contributed by atoms with Gasteiger partial charge in [0.05, 0.1) is 39.7 Å². The van der Waals surface area contributed by atoms with Gasteiger partial charge in [0, 0.05) is 16.5 Å². The van der Waals surface area contributed by atoms with E-state index in [9.17, 15) is 4.79 Å². The first kappa shape index (κ1) is 24.2. The Balaban J connectivity index is 1.89. The third-order valence-corrected chi connectivity index (χ3v) is 5.34. The minimum Gasteiger partial charge on any atom is -0.497 e. The van der Waals surface area contributed by atoms with Gasteiger partial charge in [0.1, 0.15) is 11.5 Å². The quantitative estimate of drug-likeness (QED) is 0.406. The summed E-state index contributed by atoms with van der Waals surface area (Å²) < 4.78 is 27.9. The molecule has 1 aromatic heterocycles. The van der Waals surface area contributed by atoms with Crippen molar-refractivity contribution in [3.05, 3.63) is 41.3 Å². The number of aromatic nitrogens is 1. The van der Waals surface area contributed by atoms with Gasteiger partial charge in [0.2, 0.25) is 5.75 Å². The molecule has 0 unspecified atom stereocenters. The Morgan fingerprint density at radius 3 is 2.15 bits per heavy atom. The molecule has 0 aliphatic rings. The number of benzene rings is 2. The predicted molar refractivity (Wildman–Crippen MR) is 129 cm³/mol. The van der Waals surface area contributed by atoms with Gasteiger partial charge in [0.25, 0.3) is 5.91 Å². The fraction of sp³-hybridized carbons (Fsp3) is 0.333. The van der Waals surface area contributed by atoms with E-state index in [1.165, 1.54) is 11.3 Å². The number of amides is 1. The van der Waals surface area contributed by atoms with Crippen molar-refractivity contribution in [2.24, 2.45) is 0 Å². The maximum absolute atomic E-state index is 13.0. The maximum Gasteiger partial charge on any atom is 0.257 e. The Labute approximate surface area is 197 Å². The van der Waals surface area contributed by atoms with E-state index in [1.54, 1.807) is 26.4 Å². The second-order valence-corrected chi connectivity index (χ2v) is 7.52. The summed E-state index contributed by atoms with van der Waals surface area (Å²) >= 11 is 1.31. The van der Waals surface area contributed by atoms with E-state index >= 15 is 0 Å². The summed E-state index contributed by atoms with van der Waals surface area (Å²) in [5.74, 6) is 2.41. The minimum atomic E-state index is -0.335. The van der Waals surface area contributed by atoms with Crippen molar-refractivity contribution in [2.45, 2.75) is 20.8 Å². The van der Waals surface area contributed by atoms with Crippen LogP contribution in [0.3, 0.4) is 0 Å². The third kappa shape index (κ3) is 5.67. The van der Waals surface area contributed by atoms with Gasteiger partial charge in [-0.3, -0.25) is 10.1 Å². The second kappa shape index (κ2) is 11.4. The summed E-state index contributed by atoms with van der Waals surface area (Å²) in [5.41, 5.74) is 1.82. The summed E-state index contributed by atoms with van der Waals surface area (Å²) in [7, 11) is 3.19.